The number of aliphatic hydroxyl groups excluding tert-OH is 1. The summed E-state index contributed by atoms with van der Waals surface area (Å²) in [5.41, 5.74) is 1.33. The first kappa shape index (κ1) is 30.3. The third kappa shape index (κ3) is 5.88. The number of carboxylic acid groups (broad SMARTS) is 1. The number of rotatable bonds is 5. The Labute approximate surface area is 247 Å². The lowest BCUT2D eigenvalue weighted by Gasteiger charge is -2.43. The number of piperidine rings is 1. The predicted octanol–water partition coefficient (Wildman–Crippen LogP) is 5.05. The van der Waals surface area contributed by atoms with Crippen molar-refractivity contribution < 1.29 is 33.0 Å². The molecule has 0 saturated carbocycles. The molecule has 2 amide bonds. The number of aryl methyl sites for hydroxylation is 1. The minimum atomic E-state index is -1.26. The number of fused-ring (bicyclic) bond motifs is 1. The molecule has 4 N–H and O–H groups in total. The van der Waals surface area contributed by atoms with E-state index in [2.05, 4.69) is 15.6 Å². The Kier molecular flexibility index (Phi) is 8.08. The molecule has 3 atom stereocenters. The highest BCUT2D eigenvalue weighted by Crippen LogP contribution is 2.44. The molecule has 0 unspecified atom stereocenters. The molecule has 228 valence electrons. The maximum Gasteiger partial charge on any atom is 0.405 e. The van der Waals surface area contributed by atoms with Gasteiger partial charge in [0.25, 0.3) is 5.91 Å². The third-order valence-electron chi connectivity index (χ3n) is 7.97. The summed E-state index contributed by atoms with van der Waals surface area (Å²) in [6.45, 7) is 8.19. The number of halogens is 3. The quantitative estimate of drug-likeness (QED) is 0.324. The van der Waals surface area contributed by atoms with Gasteiger partial charge in [0.15, 0.2) is 0 Å². The molecule has 0 radical (unpaired) electrons. The van der Waals surface area contributed by atoms with E-state index in [1.54, 1.807) is 0 Å². The smallest absolute Gasteiger partial charge is 0.405 e. The highest BCUT2D eigenvalue weighted by atomic mass is 19.1. The molecule has 5 rings (SSSR count). The molecule has 9 nitrogen and oxygen atoms in total. The van der Waals surface area contributed by atoms with Gasteiger partial charge in [-0.2, -0.15) is 0 Å². The van der Waals surface area contributed by atoms with E-state index in [0.717, 1.165) is 54.4 Å². The Morgan fingerprint density at radius 3 is 2.35 bits per heavy atom. The first-order valence-electron chi connectivity index (χ1n) is 14.2. The Morgan fingerprint density at radius 2 is 1.70 bits per heavy atom. The van der Waals surface area contributed by atoms with Crippen LogP contribution in [0.1, 0.15) is 61.6 Å². The van der Waals surface area contributed by atoms with Crippen molar-refractivity contribution in [1.29, 1.82) is 0 Å². The van der Waals surface area contributed by atoms with Crippen LogP contribution in [0, 0.1) is 23.4 Å². The van der Waals surface area contributed by atoms with Crippen molar-refractivity contribution in [3.05, 3.63) is 70.4 Å². The Morgan fingerprint density at radius 1 is 1.00 bits per heavy atom. The summed E-state index contributed by atoms with van der Waals surface area (Å²) in [5, 5.41) is 25.5. The van der Waals surface area contributed by atoms with Gasteiger partial charge in [0.1, 0.15) is 28.8 Å². The molecule has 12 heteroatoms. The Bertz CT molecular complexity index is 1570. The minimum absolute atomic E-state index is 0.145. The second-order valence-electron chi connectivity index (χ2n) is 12.2. The van der Waals surface area contributed by atoms with Crippen LogP contribution in [0.5, 0.6) is 0 Å². The maximum absolute atomic E-state index is 14.8. The molecule has 1 saturated heterocycles. The lowest BCUT2D eigenvalue weighted by molar-refractivity contribution is 0.0633. The third-order valence-corrected chi connectivity index (χ3v) is 7.97. The summed E-state index contributed by atoms with van der Waals surface area (Å²) in [6, 6.07) is 4.39. The van der Waals surface area contributed by atoms with Gasteiger partial charge in [-0.25, -0.2) is 22.9 Å². The normalized spacial score (nSPS) is 20.1. The summed E-state index contributed by atoms with van der Waals surface area (Å²) in [4.78, 5) is 36.2. The summed E-state index contributed by atoms with van der Waals surface area (Å²) in [6.07, 6.45) is 0.0888. The van der Waals surface area contributed by atoms with Gasteiger partial charge in [-0.3, -0.25) is 9.78 Å². The molecule has 3 heterocycles. The number of anilines is 2. The van der Waals surface area contributed by atoms with Gasteiger partial charge in [0.05, 0.1) is 34.8 Å². The molecule has 0 spiro atoms. The SMILES string of the molecule is C[C@H]1CN(c2c3c(nc(C(C)(C)C)c2NC(=O)c2ccc(F)c(-c4c(F)cccc4F)n2)CCC3)C[C@@H](NC(=O)O)[C@@H]1O. The molecule has 1 aromatic carbocycles. The first-order chi connectivity index (χ1) is 20.3. The average Bonchev–Trinajstić information content (AvgIpc) is 3.39. The predicted molar refractivity (Wildman–Crippen MR) is 155 cm³/mol. The summed E-state index contributed by atoms with van der Waals surface area (Å²) < 4.78 is 43.8. The number of hydrogen-bond donors (Lipinski definition) is 4. The van der Waals surface area contributed by atoms with Gasteiger partial charge in [0.2, 0.25) is 0 Å². The van der Waals surface area contributed by atoms with Crippen LogP contribution in [-0.4, -0.2) is 57.4 Å². The highest BCUT2D eigenvalue weighted by Gasteiger charge is 2.39. The van der Waals surface area contributed by atoms with E-state index in [-0.39, 0.29) is 18.2 Å². The van der Waals surface area contributed by atoms with Gasteiger partial charge in [-0.1, -0.05) is 33.8 Å². The number of pyridine rings is 2. The van der Waals surface area contributed by atoms with Gasteiger partial charge in [0, 0.05) is 30.1 Å². The number of carbonyl (C=O) groups is 2. The fraction of sp³-hybridized carbons (Fsp3) is 0.419. The van der Waals surface area contributed by atoms with Gasteiger partial charge in [-0.15, -0.1) is 0 Å². The van der Waals surface area contributed by atoms with Crippen LogP contribution in [-0.2, 0) is 18.3 Å². The van der Waals surface area contributed by atoms with Crippen molar-refractivity contribution in [2.45, 2.75) is 64.5 Å². The van der Waals surface area contributed by atoms with Gasteiger partial charge in [-0.05, 0) is 49.1 Å². The second kappa shape index (κ2) is 11.5. The van der Waals surface area contributed by atoms with Crippen molar-refractivity contribution in [1.82, 2.24) is 15.3 Å². The van der Waals surface area contributed by atoms with Crippen molar-refractivity contribution in [2.24, 2.45) is 5.92 Å². The topological polar surface area (TPSA) is 128 Å². The zero-order valence-corrected chi connectivity index (χ0v) is 24.3. The number of benzene rings is 1. The average molecular weight is 598 g/mol. The van der Waals surface area contributed by atoms with E-state index in [4.69, 9.17) is 4.98 Å². The fourth-order valence-electron chi connectivity index (χ4n) is 5.96. The number of nitrogens with one attached hydrogen (secondary N) is 2. The second-order valence-corrected chi connectivity index (χ2v) is 12.2. The van der Waals surface area contributed by atoms with E-state index < -0.39 is 58.3 Å². The molecule has 2 aromatic heterocycles. The molecule has 43 heavy (non-hydrogen) atoms. The minimum Gasteiger partial charge on any atom is -0.465 e. The van der Waals surface area contributed by atoms with Crippen molar-refractivity contribution in [3.8, 4) is 11.3 Å². The number of carbonyl (C=O) groups excluding carboxylic acids is 1. The number of nitrogens with zero attached hydrogens (tertiary/aromatic N) is 3. The van der Waals surface area contributed by atoms with Gasteiger partial charge >= 0.3 is 6.09 Å². The molecular formula is C31H34F3N5O4. The summed E-state index contributed by atoms with van der Waals surface area (Å²) >= 11 is 0. The molecule has 2 aliphatic rings. The first-order valence-corrected chi connectivity index (χ1v) is 14.2. The zero-order chi connectivity index (χ0) is 31.2. The Hall–Kier alpha value is -4.19. The Balaban J connectivity index is 1.62. The van der Waals surface area contributed by atoms with Crippen molar-refractivity contribution >= 4 is 23.4 Å². The molecule has 0 bridgehead atoms. The van der Waals surface area contributed by atoms with Crippen LogP contribution in [0.25, 0.3) is 11.3 Å². The lowest BCUT2D eigenvalue weighted by Crippen LogP contribution is -2.58. The molecule has 1 fully saturated rings. The van der Waals surface area contributed by atoms with E-state index in [1.807, 2.05) is 32.6 Å². The van der Waals surface area contributed by atoms with Crippen molar-refractivity contribution in [2.75, 3.05) is 23.3 Å². The molecular weight excluding hydrogens is 563 g/mol. The lowest BCUT2D eigenvalue weighted by atomic mass is 9.87. The molecule has 1 aliphatic carbocycles. The van der Waals surface area contributed by atoms with E-state index >= 15 is 0 Å². The summed E-state index contributed by atoms with van der Waals surface area (Å²) in [5.74, 6) is -4.08. The molecule has 3 aromatic rings. The van der Waals surface area contributed by atoms with Crippen LogP contribution < -0.4 is 15.5 Å². The standard InChI is InChI=1S/C31H34F3N5O4/c1-15-13-39(14-22(27(15)40)37-30(42)43)26-16-7-5-10-20(16)36-28(31(2,3)4)25(26)38-29(41)21-12-11-19(34)24(35-21)23-17(32)8-6-9-18(23)33/h6,8-9,11-12,15,22,27,37,40H,5,7,10,13-14H2,1-4H3,(H,38,41)(H,42,43)/t15-,22+,27+/m0/s1. The number of aromatic nitrogens is 2. The van der Waals surface area contributed by atoms with E-state index in [0.29, 0.717) is 30.0 Å². The van der Waals surface area contributed by atoms with Gasteiger partial charge < -0.3 is 25.7 Å². The van der Waals surface area contributed by atoms with Crippen LogP contribution in [0.3, 0.4) is 0 Å². The fourth-order valence-corrected chi connectivity index (χ4v) is 5.96. The van der Waals surface area contributed by atoms with E-state index in [9.17, 15) is 33.0 Å². The number of amides is 2. The number of aliphatic hydroxyl groups is 1. The van der Waals surface area contributed by atoms with Crippen LogP contribution in [0.4, 0.5) is 29.3 Å². The monoisotopic (exact) mass is 597 g/mol. The van der Waals surface area contributed by atoms with Crippen LogP contribution in [0.2, 0.25) is 0 Å². The van der Waals surface area contributed by atoms with Crippen molar-refractivity contribution in [3.63, 3.8) is 0 Å². The number of hydrogen-bond acceptors (Lipinski definition) is 6. The van der Waals surface area contributed by atoms with Crippen LogP contribution >= 0.6 is 0 Å². The maximum atomic E-state index is 14.8. The highest BCUT2D eigenvalue weighted by molar-refractivity contribution is 6.06. The van der Waals surface area contributed by atoms with Crippen LogP contribution in [0.15, 0.2) is 30.3 Å². The zero-order valence-electron chi connectivity index (χ0n) is 24.3. The largest absolute Gasteiger partial charge is 0.465 e. The summed E-state index contributed by atoms with van der Waals surface area (Å²) in [7, 11) is 0. The van der Waals surface area contributed by atoms with E-state index in [1.165, 1.54) is 0 Å². The molecule has 1 aliphatic heterocycles.